The predicted molar refractivity (Wildman–Crippen MR) is 111 cm³/mol. The van der Waals surface area contributed by atoms with Gasteiger partial charge >= 0.3 is 0 Å². The third-order valence-electron chi connectivity index (χ3n) is 4.83. The zero-order valence-corrected chi connectivity index (χ0v) is 16.3. The molecule has 1 aliphatic rings. The van der Waals surface area contributed by atoms with E-state index in [0.717, 1.165) is 32.7 Å². The number of anilines is 1. The lowest BCUT2D eigenvalue weighted by Crippen LogP contribution is -2.52. The molecule has 0 radical (unpaired) electrons. The van der Waals surface area contributed by atoms with Crippen molar-refractivity contribution in [2.45, 2.75) is 13.0 Å². The molecule has 1 N–H and O–H groups in total. The Morgan fingerprint density at radius 3 is 2.70 bits per heavy atom. The van der Waals surface area contributed by atoms with Crippen LogP contribution >= 0.6 is 11.3 Å². The number of amides is 1. The van der Waals surface area contributed by atoms with Crippen LogP contribution in [0.25, 0.3) is 6.08 Å². The molecule has 0 aliphatic carbocycles. The van der Waals surface area contributed by atoms with Crippen molar-refractivity contribution in [3.63, 3.8) is 0 Å². The summed E-state index contributed by atoms with van der Waals surface area (Å²) in [6.07, 6.45) is 4.34. The van der Waals surface area contributed by atoms with E-state index < -0.39 is 0 Å². The van der Waals surface area contributed by atoms with Gasteiger partial charge in [0, 0.05) is 32.7 Å². The van der Waals surface area contributed by atoms with Crippen LogP contribution in [0.5, 0.6) is 0 Å². The number of carbonyl (C=O) groups excluding carboxylic acids is 1. The first-order valence-electron chi connectivity index (χ1n) is 9.14. The lowest BCUT2D eigenvalue weighted by atomic mass is 10.2. The fourth-order valence-corrected chi connectivity index (χ4v) is 3.85. The maximum atomic E-state index is 12.5. The van der Waals surface area contributed by atoms with Gasteiger partial charge in [-0.1, -0.05) is 42.5 Å². The van der Waals surface area contributed by atoms with Gasteiger partial charge in [-0.15, -0.1) is 11.3 Å². The molecule has 27 heavy (non-hydrogen) atoms. The number of thiophene rings is 1. The first-order chi connectivity index (χ1) is 13.2. The minimum absolute atomic E-state index is 0.0497. The molecular formula is C21H24N4OS. The summed E-state index contributed by atoms with van der Waals surface area (Å²) >= 11 is 1.39. The van der Waals surface area contributed by atoms with Crippen LogP contribution in [0.1, 0.15) is 18.1 Å². The molecule has 140 valence electrons. The number of hydrogen-bond acceptors (Lipinski definition) is 5. The van der Waals surface area contributed by atoms with Crippen LogP contribution in [0.3, 0.4) is 0 Å². The van der Waals surface area contributed by atoms with Gasteiger partial charge in [0.2, 0.25) is 5.91 Å². The average molecular weight is 381 g/mol. The summed E-state index contributed by atoms with van der Waals surface area (Å²) < 4.78 is 0. The molecule has 1 amide bonds. The number of benzene rings is 1. The van der Waals surface area contributed by atoms with Gasteiger partial charge in [-0.2, -0.15) is 5.26 Å². The van der Waals surface area contributed by atoms with Crippen molar-refractivity contribution in [3.8, 4) is 6.07 Å². The maximum Gasteiger partial charge on any atom is 0.242 e. The van der Waals surface area contributed by atoms with Gasteiger partial charge in [-0.3, -0.25) is 14.6 Å². The lowest BCUT2D eigenvalue weighted by molar-refractivity contribution is -0.121. The van der Waals surface area contributed by atoms with E-state index in [1.54, 1.807) is 6.07 Å². The first kappa shape index (κ1) is 19.3. The molecule has 0 unspecified atom stereocenters. The third-order valence-corrected chi connectivity index (χ3v) is 5.66. The molecule has 1 atom stereocenters. The Balaban J connectivity index is 1.45. The summed E-state index contributed by atoms with van der Waals surface area (Å²) in [5.74, 6) is -0.0497. The van der Waals surface area contributed by atoms with Crippen LogP contribution in [-0.2, 0) is 4.79 Å². The molecule has 1 aromatic heterocycles. The van der Waals surface area contributed by atoms with Gasteiger partial charge in [0.1, 0.15) is 11.1 Å². The van der Waals surface area contributed by atoms with E-state index >= 15 is 0 Å². The standard InChI is InChI=1S/C21H24N4OS/c1-17(20(26)23-21-19(16-22)9-15-27-21)25-13-11-24(12-14-25)10-5-8-18-6-3-2-4-7-18/h2-9,15,17H,10-14H2,1H3,(H,23,26)/b8-5+/t17-/m1/s1. The van der Waals surface area contributed by atoms with Crippen molar-refractivity contribution in [2.75, 3.05) is 38.0 Å². The van der Waals surface area contributed by atoms with Crippen LogP contribution in [0.15, 0.2) is 47.9 Å². The minimum atomic E-state index is -0.208. The van der Waals surface area contributed by atoms with Crippen LogP contribution < -0.4 is 5.32 Å². The fourth-order valence-electron chi connectivity index (χ4n) is 3.11. The fraction of sp³-hybridized carbons (Fsp3) is 0.333. The Hall–Kier alpha value is -2.46. The van der Waals surface area contributed by atoms with Gasteiger partial charge in [0.05, 0.1) is 11.6 Å². The van der Waals surface area contributed by atoms with Crippen LogP contribution in [-0.4, -0.2) is 54.5 Å². The molecule has 1 aliphatic heterocycles. The second-order valence-electron chi connectivity index (χ2n) is 6.59. The summed E-state index contributed by atoms with van der Waals surface area (Å²) in [4.78, 5) is 17.1. The maximum absolute atomic E-state index is 12.5. The number of piperazine rings is 1. The Labute approximate surface area is 164 Å². The topological polar surface area (TPSA) is 59.4 Å². The van der Waals surface area contributed by atoms with Crippen LogP contribution in [0, 0.1) is 11.3 Å². The molecule has 1 fully saturated rings. The zero-order valence-electron chi connectivity index (χ0n) is 15.5. The van der Waals surface area contributed by atoms with Gasteiger partial charge < -0.3 is 5.32 Å². The van der Waals surface area contributed by atoms with Crippen LogP contribution in [0.4, 0.5) is 5.00 Å². The highest BCUT2D eigenvalue weighted by Crippen LogP contribution is 2.22. The second-order valence-corrected chi connectivity index (χ2v) is 7.51. The molecule has 0 bridgehead atoms. The van der Waals surface area contributed by atoms with Crippen molar-refractivity contribution in [1.82, 2.24) is 9.80 Å². The van der Waals surface area contributed by atoms with Crippen molar-refractivity contribution < 1.29 is 4.79 Å². The number of hydrogen-bond donors (Lipinski definition) is 1. The number of rotatable bonds is 6. The van der Waals surface area contributed by atoms with Gasteiger partial charge in [0.25, 0.3) is 0 Å². The quantitative estimate of drug-likeness (QED) is 0.836. The molecule has 2 heterocycles. The van der Waals surface area contributed by atoms with E-state index in [1.807, 2.05) is 30.5 Å². The number of nitrogens with one attached hydrogen (secondary N) is 1. The average Bonchev–Trinajstić information content (AvgIpc) is 3.16. The Kier molecular flexibility index (Phi) is 6.77. The molecule has 1 aromatic carbocycles. The number of nitriles is 1. The highest BCUT2D eigenvalue weighted by molar-refractivity contribution is 7.14. The van der Waals surface area contributed by atoms with Crippen molar-refractivity contribution in [2.24, 2.45) is 0 Å². The molecule has 5 nitrogen and oxygen atoms in total. The third kappa shape index (κ3) is 5.27. The van der Waals surface area contributed by atoms with Gasteiger partial charge in [-0.05, 0) is 23.9 Å². The molecule has 0 saturated carbocycles. The van der Waals surface area contributed by atoms with E-state index in [0.29, 0.717) is 10.6 Å². The van der Waals surface area contributed by atoms with Gasteiger partial charge in [-0.25, -0.2) is 0 Å². The van der Waals surface area contributed by atoms with Crippen LogP contribution in [0.2, 0.25) is 0 Å². The monoisotopic (exact) mass is 380 g/mol. The van der Waals surface area contributed by atoms with E-state index in [9.17, 15) is 4.79 Å². The highest BCUT2D eigenvalue weighted by atomic mass is 32.1. The summed E-state index contributed by atoms with van der Waals surface area (Å²) in [5, 5.41) is 14.4. The summed E-state index contributed by atoms with van der Waals surface area (Å²) in [5.41, 5.74) is 1.74. The second kappa shape index (κ2) is 9.47. The zero-order chi connectivity index (χ0) is 19.1. The minimum Gasteiger partial charge on any atom is -0.315 e. The van der Waals surface area contributed by atoms with Gasteiger partial charge in [0.15, 0.2) is 0 Å². The first-order valence-corrected chi connectivity index (χ1v) is 10.0. The van der Waals surface area contributed by atoms with E-state index in [1.165, 1.54) is 16.9 Å². The lowest BCUT2D eigenvalue weighted by Gasteiger charge is -2.36. The number of nitrogens with zero attached hydrogens (tertiary/aromatic N) is 3. The van der Waals surface area contributed by atoms with Crippen molar-refractivity contribution >= 4 is 28.3 Å². The molecule has 2 aromatic rings. The Morgan fingerprint density at radius 2 is 2.00 bits per heavy atom. The van der Waals surface area contributed by atoms with Crippen molar-refractivity contribution in [1.29, 1.82) is 5.26 Å². The molecule has 6 heteroatoms. The normalized spacial score (nSPS) is 16.9. The molecule has 1 saturated heterocycles. The Bertz CT molecular complexity index is 816. The molecule has 0 spiro atoms. The van der Waals surface area contributed by atoms with Crippen molar-refractivity contribution in [3.05, 3.63) is 59.0 Å². The Morgan fingerprint density at radius 1 is 1.26 bits per heavy atom. The highest BCUT2D eigenvalue weighted by Gasteiger charge is 2.25. The summed E-state index contributed by atoms with van der Waals surface area (Å²) in [6.45, 7) is 6.47. The largest absolute Gasteiger partial charge is 0.315 e. The smallest absolute Gasteiger partial charge is 0.242 e. The SMILES string of the molecule is C[C@H](C(=O)Nc1sccc1C#N)N1CCN(C/C=C/c2ccccc2)CC1. The molecule has 3 rings (SSSR count). The van der Waals surface area contributed by atoms with E-state index in [-0.39, 0.29) is 11.9 Å². The van der Waals surface area contributed by atoms with E-state index in [4.69, 9.17) is 5.26 Å². The number of carbonyl (C=O) groups is 1. The molecular weight excluding hydrogens is 356 g/mol. The summed E-state index contributed by atoms with van der Waals surface area (Å²) in [7, 11) is 0. The summed E-state index contributed by atoms with van der Waals surface area (Å²) in [6, 6.07) is 13.9. The van der Waals surface area contributed by atoms with E-state index in [2.05, 4.69) is 45.5 Å². The predicted octanol–water partition coefficient (Wildman–Crippen LogP) is 3.28.